The lowest BCUT2D eigenvalue weighted by molar-refractivity contribution is 0.193. The Balaban J connectivity index is 1.62. The summed E-state index contributed by atoms with van der Waals surface area (Å²) in [6.45, 7) is 3.98. The first-order chi connectivity index (χ1) is 6.34. The summed E-state index contributed by atoms with van der Waals surface area (Å²) in [4.78, 5) is 3.41. The molecule has 1 aliphatic heterocycles. The van der Waals surface area contributed by atoms with Crippen molar-refractivity contribution >= 4 is 15.9 Å². The Morgan fingerprint density at radius 3 is 2.62 bits per heavy atom. The lowest BCUT2D eigenvalue weighted by Crippen LogP contribution is -2.37. The fraction of sp³-hybridized carbons (Fsp3) is 1.00. The minimum Gasteiger partial charge on any atom is -0.302 e. The van der Waals surface area contributed by atoms with Crippen LogP contribution in [0.4, 0.5) is 0 Å². The Labute approximate surface area is 90.0 Å². The van der Waals surface area contributed by atoms with Gasteiger partial charge in [-0.25, -0.2) is 0 Å². The lowest BCUT2D eigenvalue weighted by Gasteiger charge is -2.33. The van der Waals surface area contributed by atoms with Gasteiger partial charge in [-0.05, 0) is 38.3 Å². The van der Waals surface area contributed by atoms with Crippen LogP contribution in [-0.2, 0) is 0 Å². The molecule has 76 valence electrons. The van der Waals surface area contributed by atoms with Gasteiger partial charge in [0, 0.05) is 11.4 Å². The quantitative estimate of drug-likeness (QED) is 0.692. The highest BCUT2D eigenvalue weighted by Crippen LogP contribution is 2.30. The molecule has 2 heteroatoms. The molecule has 1 saturated heterocycles. The van der Waals surface area contributed by atoms with Gasteiger partial charge < -0.3 is 4.90 Å². The van der Waals surface area contributed by atoms with E-state index >= 15 is 0 Å². The lowest BCUT2D eigenvalue weighted by atomic mass is 9.83. The van der Waals surface area contributed by atoms with Crippen molar-refractivity contribution in [2.45, 2.75) is 43.4 Å². The third-order valence-electron chi connectivity index (χ3n) is 3.53. The molecule has 13 heavy (non-hydrogen) atoms. The van der Waals surface area contributed by atoms with Crippen LogP contribution in [0.1, 0.15) is 38.5 Å². The van der Waals surface area contributed by atoms with Crippen LogP contribution in [0.2, 0.25) is 0 Å². The minimum absolute atomic E-state index is 0.766. The van der Waals surface area contributed by atoms with Gasteiger partial charge in [0.2, 0.25) is 0 Å². The van der Waals surface area contributed by atoms with Gasteiger partial charge in [-0.1, -0.05) is 35.2 Å². The van der Waals surface area contributed by atoms with E-state index in [1.54, 1.807) is 0 Å². The Kier molecular flexibility index (Phi) is 3.67. The molecule has 1 unspecified atom stereocenters. The monoisotopic (exact) mass is 245 g/mol. The molecule has 0 radical (unpaired) electrons. The zero-order chi connectivity index (χ0) is 9.10. The van der Waals surface area contributed by atoms with E-state index in [2.05, 4.69) is 20.8 Å². The molecule has 0 spiro atoms. The first kappa shape index (κ1) is 9.97. The van der Waals surface area contributed by atoms with E-state index in [0.29, 0.717) is 0 Å². The number of piperidine rings is 1. The van der Waals surface area contributed by atoms with Crippen molar-refractivity contribution in [2.75, 3.05) is 19.6 Å². The van der Waals surface area contributed by atoms with Gasteiger partial charge in [0.05, 0.1) is 0 Å². The maximum absolute atomic E-state index is 3.73. The van der Waals surface area contributed by atoms with Crippen molar-refractivity contribution in [1.82, 2.24) is 4.90 Å². The largest absolute Gasteiger partial charge is 0.302 e. The maximum atomic E-state index is 3.73. The summed E-state index contributed by atoms with van der Waals surface area (Å²) in [6, 6.07) is 0. The fourth-order valence-electron chi connectivity index (χ4n) is 2.35. The molecule has 0 aromatic heterocycles. The molecule has 0 bridgehead atoms. The molecule has 2 aliphatic rings. The van der Waals surface area contributed by atoms with Crippen LogP contribution in [0.15, 0.2) is 0 Å². The Morgan fingerprint density at radius 1 is 1.15 bits per heavy atom. The second kappa shape index (κ2) is 4.79. The van der Waals surface area contributed by atoms with E-state index in [1.807, 2.05) is 0 Å². The first-order valence-corrected chi connectivity index (χ1v) is 6.62. The summed E-state index contributed by atoms with van der Waals surface area (Å²) in [6.07, 6.45) is 8.73. The number of rotatable bonds is 3. The Bertz CT molecular complexity index is 156. The molecule has 0 amide bonds. The van der Waals surface area contributed by atoms with Gasteiger partial charge >= 0.3 is 0 Å². The summed E-state index contributed by atoms with van der Waals surface area (Å²) in [5, 5.41) is 0. The number of hydrogen-bond acceptors (Lipinski definition) is 1. The second-order valence-electron chi connectivity index (χ2n) is 4.63. The van der Waals surface area contributed by atoms with E-state index in [9.17, 15) is 0 Å². The summed E-state index contributed by atoms with van der Waals surface area (Å²) < 4.78 is 0. The van der Waals surface area contributed by atoms with Gasteiger partial charge in [-0.3, -0.25) is 0 Å². The molecule has 1 aliphatic carbocycles. The van der Waals surface area contributed by atoms with Crippen molar-refractivity contribution in [3.05, 3.63) is 0 Å². The van der Waals surface area contributed by atoms with Crippen LogP contribution < -0.4 is 0 Å². The van der Waals surface area contributed by atoms with Gasteiger partial charge in [-0.15, -0.1) is 0 Å². The molecule has 2 rings (SSSR count). The highest BCUT2D eigenvalue weighted by Gasteiger charge is 2.21. The first-order valence-electron chi connectivity index (χ1n) is 5.71. The molecular weight excluding hydrogens is 226 g/mol. The summed E-state index contributed by atoms with van der Waals surface area (Å²) in [7, 11) is 0. The van der Waals surface area contributed by atoms with Gasteiger partial charge in [-0.2, -0.15) is 0 Å². The standard InChI is InChI=1S/C11H20BrN/c12-11-5-2-7-13(9-11)8-6-10-3-1-4-10/h10-11H,1-9H2. The van der Waals surface area contributed by atoms with Crippen LogP contribution in [0.5, 0.6) is 0 Å². The number of halogens is 1. The highest BCUT2D eigenvalue weighted by molar-refractivity contribution is 9.09. The van der Waals surface area contributed by atoms with Crippen molar-refractivity contribution in [3.8, 4) is 0 Å². The van der Waals surface area contributed by atoms with Crippen LogP contribution in [0, 0.1) is 5.92 Å². The number of likely N-dealkylation sites (tertiary alicyclic amines) is 1. The van der Waals surface area contributed by atoms with E-state index in [-0.39, 0.29) is 0 Å². The van der Waals surface area contributed by atoms with Crippen LogP contribution in [0.25, 0.3) is 0 Å². The Morgan fingerprint density at radius 2 is 2.00 bits per heavy atom. The molecular formula is C11H20BrN. The summed E-state index contributed by atoms with van der Waals surface area (Å²) >= 11 is 3.73. The van der Waals surface area contributed by atoms with Crippen molar-refractivity contribution in [2.24, 2.45) is 5.92 Å². The Hall–Kier alpha value is 0.440. The van der Waals surface area contributed by atoms with Crippen molar-refractivity contribution in [1.29, 1.82) is 0 Å². The number of hydrogen-bond donors (Lipinski definition) is 0. The van der Waals surface area contributed by atoms with Gasteiger partial charge in [0.1, 0.15) is 0 Å². The number of alkyl halides is 1. The van der Waals surface area contributed by atoms with E-state index < -0.39 is 0 Å². The zero-order valence-corrected chi connectivity index (χ0v) is 9.93. The highest BCUT2D eigenvalue weighted by atomic mass is 79.9. The van der Waals surface area contributed by atoms with E-state index in [4.69, 9.17) is 0 Å². The normalized spacial score (nSPS) is 31.6. The molecule has 0 aromatic rings. The van der Waals surface area contributed by atoms with Gasteiger partial charge in [0.25, 0.3) is 0 Å². The third kappa shape index (κ3) is 2.95. The average molecular weight is 246 g/mol. The molecule has 2 fully saturated rings. The predicted molar refractivity (Wildman–Crippen MR) is 60.3 cm³/mol. The molecule has 1 heterocycles. The topological polar surface area (TPSA) is 3.24 Å². The molecule has 1 atom stereocenters. The zero-order valence-electron chi connectivity index (χ0n) is 8.34. The predicted octanol–water partition coefficient (Wildman–Crippen LogP) is 3.04. The molecule has 0 aromatic carbocycles. The molecule has 0 N–H and O–H groups in total. The average Bonchev–Trinajstić information content (AvgIpc) is 2.01. The van der Waals surface area contributed by atoms with Crippen LogP contribution in [0.3, 0.4) is 0 Å². The second-order valence-corrected chi connectivity index (χ2v) is 5.92. The van der Waals surface area contributed by atoms with E-state index in [0.717, 1.165) is 10.7 Å². The SMILES string of the molecule is BrC1CCCN(CCC2CCC2)C1. The molecule has 1 nitrogen and oxygen atoms in total. The van der Waals surface area contributed by atoms with Crippen LogP contribution in [-0.4, -0.2) is 29.4 Å². The maximum Gasteiger partial charge on any atom is 0.0273 e. The molecule has 1 saturated carbocycles. The third-order valence-corrected chi connectivity index (χ3v) is 4.27. The van der Waals surface area contributed by atoms with Crippen molar-refractivity contribution in [3.63, 3.8) is 0 Å². The fourth-order valence-corrected chi connectivity index (χ4v) is 3.08. The summed E-state index contributed by atoms with van der Waals surface area (Å²) in [5.41, 5.74) is 0. The number of nitrogens with zero attached hydrogens (tertiary/aromatic N) is 1. The minimum atomic E-state index is 0.766. The van der Waals surface area contributed by atoms with Crippen molar-refractivity contribution < 1.29 is 0 Å². The van der Waals surface area contributed by atoms with E-state index in [1.165, 1.54) is 58.2 Å². The van der Waals surface area contributed by atoms with Crippen LogP contribution >= 0.6 is 15.9 Å². The van der Waals surface area contributed by atoms with Gasteiger partial charge in [0.15, 0.2) is 0 Å². The summed E-state index contributed by atoms with van der Waals surface area (Å²) in [5.74, 6) is 1.08. The smallest absolute Gasteiger partial charge is 0.0273 e.